The molecule has 2 atom stereocenters. The molecule has 29 heavy (non-hydrogen) atoms. The Morgan fingerprint density at radius 3 is 2.41 bits per heavy atom. The number of amides is 2. The van der Waals surface area contributed by atoms with E-state index in [0.29, 0.717) is 19.8 Å². The first-order valence-corrected chi connectivity index (χ1v) is 11.0. The Hall–Kier alpha value is -2.04. The number of rotatable bonds is 7. The van der Waals surface area contributed by atoms with E-state index in [9.17, 15) is 13.8 Å². The molecule has 1 aliphatic heterocycles. The molecule has 3 N–H and O–H groups in total. The summed E-state index contributed by atoms with van der Waals surface area (Å²) in [7, 11) is 0. The summed E-state index contributed by atoms with van der Waals surface area (Å²) in [5.74, 6) is -0.654. The molecule has 0 saturated carbocycles. The molecule has 1 aromatic heterocycles. The molecule has 2 aromatic rings. The maximum atomic E-state index is 12.3. The van der Waals surface area contributed by atoms with Gasteiger partial charge in [-0.05, 0) is 35.9 Å². The zero-order valence-electron chi connectivity index (χ0n) is 14.7. The Morgan fingerprint density at radius 2 is 1.79 bits per heavy atom. The Kier molecular flexibility index (Phi) is 7.20. The average Bonchev–Trinajstić information content (AvgIpc) is 3.36. The average molecular weight is 472 g/mol. The molecule has 0 saturated heterocycles. The maximum Gasteiger partial charge on any atom is 0.261 e. The van der Waals surface area contributed by atoms with Crippen LogP contribution >= 0.6 is 34.5 Å². The van der Waals surface area contributed by atoms with E-state index in [0.717, 1.165) is 16.9 Å². The fourth-order valence-electron chi connectivity index (χ4n) is 2.45. The predicted molar refractivity (Wildman–Crippen MR) is 115 cm³/mol. The summed E-state index contributed by atoms with van der Waals surface area (Å²) in [5, 5.41) is 6.31. The molecular formula is C18H15Cl2N3O4S2. The van der Waals surface area contributed by atoms with Gasteiger partial charge in [0.15, 0.2) is 11.1 Å². The van der Waals surface area contributed by atoms with E-state index in [2.05, 4.69) is 15.6 Å². The van der Waals surface area contributed by atoms with Crippen molar-refractivity contribution in [2.75, 3.05) is 6.54 Å². The standard InChI is InChI=1S/C18H15Cl2N3O4S2/c19-13-2-1-10(5-14(13)20)7-22-17(24)15-3-4-16(28-15)18(25)23-8-11-6-12(9-21-11)29(26)27/h1-6,9,11H,7-8H2,(H,22,24)(H,23,25)(H,26,27)/t11-/m0/s1. The zero-order valence-corrected chi connectivity index (χ0v) is 17.9. The van der Waals surface area contributed by atoms with Gasteiger partial charge in [0.05, 0.1) is 30.7 Å². The normalized spacial score (nSPS) is 16.4. The lowest BCUT2D eigenvalue weighted by molar-refractivity contribution is 0.0949. The van der Waals surface area contributed by atoms with Gasteiger partial charge in [0.2, 0.25) is 0 Å². The Labute approximate surface area is 183 Å². The molecule has 0 bridgehead atoms. The number of thiophene rings is 1. The number of hydrogen-bond acceptors (Lipinski definition) is 5. The van der Waals surface area contributed by atoms with Gasteiger partial charge in [-0.2, -0.15) is 0 Å². The highest BCUT2D eigenvalue weighted by molar-refractivity contribution is 7.84. The van der Waals surface area contributed by atoms with Crippen LogP contribution in [0.5, 0.6) is 0 Å². The lowest BCUT2D eigenvalue weighted by Crippen LogP contribution is -2.29. The van der Waals surface area contributed by atoms with Crippen molar-refractivity contribution in [3.8, 4) is 0 Å². The first kappa shape index (κ1) is 21.7. The SMILES string of the molecule is O=C(NCc1ccc(Cl)c(Cl)c1)c1ccc(C(=O)NC[C@@H]2C=C(S(=O)O)C=N2)s1. The number of allylic oxidation sites excluding steroid dienone is 1. The zero-order chi connectivity index (χ0) is 21.0. The van der Waals surface area contributed by atoms with Crippen LogP contribution in [0.2, 0.25) is 10.0 Å². The van der Waals surface area contributed by atoms with E-state index in [1.165, 1.54) is 12.3 Å². The molecule has 0 spiro atoms. The van der Waals surface area contributed by atoms with Crippen LogP contribution < -0.4 is 10.6 Å². The van der Waals surface area contributed by atoms with Crippen LogP contribution in [-0.4, -0.2) is 39.4 Å². The van der Waals surface area contributed by atoms with Crippen molar-refractivity contribution in [1.29, 1.82) is 0 Å². The van der Waals surface area contributed by atoms with Crippen LogP contribution in [0.1, 0.15) is 24.9 Å². The highest BCUT2D eigenvalue weighted by Crippen LogP contribution is 2.23. The lowest BCUT2D eigenvalue weighted by atomic mass is 10.2. The van der Waals surface area contributed by atoms with Gasteiger partial charge in [-0.3, -0.25) is 14.6 Å². The molecule has 11 heteroatoms. The van der Waals surface area contributed by atoms with Crippen molar-refractivity contribution in [1.82, 2.24) is 10.6 Å². The van der Waals surface area contributed by atoms with Crippen LogP contribution in [0.25, 0.3) is 0 Å². The molecule has 2 heterocycles. The van der Waals surface area contributed by atoms with Gasteiger partial charge in [0, 0.05) is 19.3 Å². The fraction of sp³-hybridized carbons (Fsp3) is 0.167. The van der Waals surface area contributed by atoms with E-state index in [1.807, 2.05) is 0 Å². The molecule has 7 nitrogen and oxygen atoms in total. The molecule has 3 rings (SSSR count). The van der Waals surface area contributed by atoms with Crippen molar-refractivity contribution >= 4 is 63.6 Å². The first-order valence-electron chi connectivity index (χ1n) is 8.29. The summed E-state index contributed by atoms with van der Waals surface area (Å²) in [6.07, 6.45) is 2.83. The molecule has 0 radical (unpaired) electrons. The number of nitrogens with zero attached hydrogens (tertiary/aromatic N) is 1. The summed E-state index contributed by atoms with van der Waals surface area (Å²) in [5.41, 5.74) is 0.802. The van der Waals surface area contributed by atoms with Crippen molar-refractivity contribution in [2.45, 2.75) is 12.6 Å². The second-order valence-electron chi connectivity index (χ2n) is 5.97. The van der Waals surface area contributed by atoms with Crippen LogP contribution in [0.3, 0.4) is 0 Å². The van der Waals surface area contributed by atoms with Crippen LogP contribution in [0.15, 0.2) is 46.3 Å². The highest BCUT2D eigenvalue weighted by atomic mass is 35.5. The first-order chi connectivity index (χ1) is 13.8. The highest BCUT2D eigenvalue weighted by Gasteiger charge is 2.17. The second-order valence-corrected chi connectivity index (χ2v) is 8.84. The van der Waals surface area contributed by atoms with Gasteiger partial charge < -0.3 is 15.2 Å². The van der Waals surface area contributed by atoms with Crippen LogP contribution in [0, 0.1) is 0 Å². The third-order valence-electron chi connectivity index (χ3n) is 3.91. The van der Waals surface area contributed by atoms with Crippen LogP contribution in [0.4, 0.5) is 0 Å². The van der Waals surface area contributed by atoms with Crippen molar-refractivity contribution in [2.24, 2.45) is 4.99 Å². The fourth-order valence-corrected chi connectivity index (χ4v) is 4.03. The summed E-state index contributed by atoms with van der Waals surface area (Å²) in [6.45, 7) is 0.461. The number of nitrogens with one attached hydrogen (secondary N) is 2. The van der Waals surface area contributed by atoms with Crippen LogP contribution in [-0.2, 0) is 17.6 Å². The minimum absolute atomic E-state index is 0.187. The van der Waals surface area contributed by atoms with E-state index < -0.39 is 11.1 Å². The molecule has 1 aliphatic rings. The third kappa shape index (κ3) is 5.74. The van der Waals surface area contributed by atoms with E-state index in [-0.39, 0.29) is 35.9 Å². The number of carbonyl (C=O) groups is 2. The molecular weight excluding hydrogens is 457 g/mol. The van der Waals surface area contributed by atoms with E-state index in [4.69, 9.17) is 27.8 Å². The van der Waals surface area contributed by atoms with Gasteiger partial charge in [-0.15, -0.1) is 11.3 Å². The summed E-state index contributed by atoms with van der Waals surface area (Å²) < 4.78 is 20.0. The monoisotopic (exact) mass is 471 g/mol. The molecule has 1 aromatic carbocycles. The topological polar surface area (TPSA) is 108 Å². The van der Waals surface area contributed by atoms with E-state index in [1.54, 1.807) is 30.3 Å². The summed E-state index contributed by atoms with van der Waals surface area (Å²) in [4.78, 5) is 29.6. The number of halogens is 2. The number of hydrogen-bond donors (Lipinski definition) is 3. The smallest absolute Gasteiger partial charge is 0.261 e. The lowest BCUT2D eigenvalue weighted by Gasteiger charge is -2.06. The number of benzene rings is 1. The largest absolute Gasteiger partial charge is 0.349 e. The number of aliphatic imine (C=N–C) groups is 1. The van der Waals surface area contributed by atoms with Crippen molar-refractivity contribution in [3.05, 3.63) is 66.7 Å². The number of carbonyl (C=O) groups excluding carboxylic acids is 2. The van der Waals surface area contributed by atoms with Gasteiger partial charge >= 0.3 is 0 Å². The second kappa shape index (κ2) is 9.64. The molecule has 1 unspecified atom stereocenters. The van der Waals surface area contributed by atoms with E-state index >= 15 is 0 Å². The molecule has 152 valence electrons. The maximum absolute atomic E-state index is 12.3. The van der Waals surface area contributed by atoms with Gasteiger partial charge in [0.1, 0.15) is 0 Å². The molecule has 0 aliphatic carbocycles. The van der Waals surface area contributed by atoms with Gasteiger partial charge in [-0.25, -0.2) is 4.21 Å². The predicted octanol–water partition coefficient (Wildman–Crippen LogP) is 3.27. The van der Waals surface area contributed by atoms with Gasteiger partial charge in [-0.1, -0.05) is 29.3 Å². The summed E-state index contributed by atoms with van der Waals surface area (Å²) >= 11 is 10.8. The van der Waals surface area contributed by atoms with Crippen molar-refractivity contribution < 1.29 is 18.4 Å². The van der Waals surface area contributed by atoms with Crippen molar-refractivity contribution in [3.63, 3.8) is 0 Å². The minimum Gasteiger partial charge on any atom is -0.349 e. The molecule has 0 fully saturated rings. The minimum atomic E-state index is -2.09. The third-order valence-corrected chi connectivity index (χ3v) is 6.38. The van der Waals surface area contributed by atoms with Gasteiger partial charge in [0.25, 0.3) is 11.8 Å². The Balaban J connectivity index is 1.52. The quantitative estimate of drug-likeness (QED) is 0.538. The molecule has 2 amide bonds. The Bertz CT molecular complexity index is 1040. The summed E-state index contributed by atoms with van der Waals surface area (Å²) in [6, 6.07) is 7.85. The Morgan fingerprint density at radius 1 is 1.10 bits per heavy atom.